The minimum absolute atomic E-state index is 0.0320. The van der Waals surface area contributed by atoms with Crippen LogP contribution in [-0.4, -0.2) is 49.9 Å². The van der Waals surface area contributed by atoms with Crippen LogP contribution in [0, 0.1) is 10.1 Å². The normalized spacial score (nSPS) is 12.6. The number of nitro benzene ring substituents is 1. The van der Waals surface area contributed by atoms with Gasteiger partial charge in [-0.1, -0.05) is 23.9 Å². The molecule has 4 rings (SSSR count). The molecule has 0 spiro atoms. The Labute approximate surface area is 176 Å². The summed E-state index contributed by atoms with van der Waals surface area (Å²) in [5.41, 5.74) is 2.24. The summed E-state index contributed by atoms with van der Waals surface area (Å²) in [5, 5.41) is 23.2. The van der Waals surface area contributed by atoms with E-state index in [-0.39, 0.29) is 17.3 Å². The number of carbonyl (C=O) groups is 1. The van der Waals surface area contributed by atoms with Gasteiger partial charge in [0.15, 0.2) is 0 Å². The van der Waals surface area contributed by atoms with Crippen LogP contribution in [0.25, 0.3) is 5.69 Å². The van der Waals surface area contributed by atoms with Crippen molar-refractivity contribution in [3.8, 4) is 11.4 Å². The molecule has 154 valence electrons. The van der Waals surface area contributed by atoms with E-state index in [0.717, 1.165) is 5.56 Å². The molecule has 0 aliphatic carbocycles. The first-order chi connectivity index (χ1) is 14.6. The second kappa shape index (κ2) is 8.49. The van der Waals surface area contributed by atoms with Crippen LogP contribution >= 0.6 is 11.8 Å². The number of aromatic nitrogens is 4. The number of anilines is 1. The minimum atomic E-state index is -0.430. The first kappa shape index (κ1) is 19.8. The van der Waals surface area contributed by atoms with E-state index in [0.29, 0.717) is 41.9 Å². The Morgan fingerprint density at radius 2 is 2.10 bits per heavy atom. The van der Waals surface area contributed by atoms with Gasteiger partial charge >= 0.3 is 0 Å². The van der Waals surface area contributed by atoms with Crippen molar-refractivity contribution in [1.82, 2.24) is 20.2 Å². The highest BCUT2D eigenvalue weighted by molar-refractivity contribution is 7.99. The lowest BCUT2D eigenvalue weighted by atomic mass is 10.1. The summed E-state index contributed by atoms with van der Waals surface area (Å²) in [6.45, 7) is 2.90. The largest absolute Gasteiger partial charge is 0.492 e. The molecule has 30 heavy (non-hydrogen) atoms. The lowest BCUT2D eigenvalue weighted by Crippen LogP contribution is -2.30. The average molecular weight is 426 g/mol. The van der Waals surface area contributed by atoms with Crippen molar-refractivity contribution in [2.24, 2.45) is 0 Å². The number of fused-ring (bicyclic) bond motifs is 1. The van der Waals surface area contributed by atoms with Gasteiger partial charge in [-0.05, 0) is 47.5 Å². The summed E-state index contributed by atoms with van der Waals surface area (Å²) in [4.78, 5) is 25.0. The Balaban J connectivity index is 1.48. The number of hydrogen-bond acceptors (Lipinski definition) is 8. The molecule has 2 heterocycles. The van der Waals surface area contributed by atoms with E-state index in [1.54, 1.807) is 15.6 Å². The van der Waals surface area contributed by atoms with E-state index in [1.807, 2.05) is 31.2 Å². The van der Waals surface area contributed by atoms with Gasteiger partial charge in [0.05, 0.1) is 17.3 Å². The van der Waals surface area contributed by atoms with Gasteiger partial charge in [-0.3, -0.25) is 14.9 Å². The molecule has 1 aromatic heterocycles. The van der Waals surface area contributed by atoms with Crippen LogP contribution in [0.15, 0.2) is 47.6 Å². The van der Waals surface area contributed by atoms with Gasteiger partial charge in [-0.25, -0.2) is 0 Å². The van der Waals surface area contributed by atoms with Gasteiger partial charge in [0.25, 0.3) is 5.69 Å². The molecule has 0 radical (unpaired) electrons. The Bertz CT molecular complexity index is 1100. The van der Waals surface area contributed by atoms with Crippen molar-refractivity contribution >= 4 is 29.0 Å². The van der Waals surface area contributed by atoms with E-state index in [9.17, 15) is 14.9 Å². The molecule has 1 amide bonds. The Kier molecular flexibility index (Phi) is 5.61. The summed E-state index contributed by atoms with van der Waals surface area (Å²) in [5.74, 6) is 0.670. The smallest absolute Gasteiger partial charge is 0.269 e. The molecule has 0 saturated heterocycles. The van der Waals surface area contributed by atoms with Gasteiger partial charge in [-0.15, -0.1) is 5.10 Å². The molecule has 0 fully saturated rings. The maximum absolute atomic E-state index is 12.8. The molecule has 0 unspecified atom stereocenters. The second-order valence-corrected chi connectivity index (χ2v) is 7.37. The number of para-hydroxylation sites is 2. The zero-order valence-corrected chi connectivity index (χ0v) is 16.9. The van der Waals surface area contributed by atoms with Crippen LogP contribution in [0.1, 0.15) is 12.5 Å². The SMILES string of the molecule is CCOc1ccccc1-n1nnnc1SCC(=O)N1CCc2cc([N+](=O)[O-])ccc21. The van der Waals surface area contributed by atoms with Gasteiger partial charge in [0.2, 0.25) is 11.1 Å². The number of amides is 1. The van der Waals surface area contributed by atoms with Crippen LogP contribution in [0.5, 0.6) is 5.75 Å². The van der Waals surface area contributed by atoms with Crippen molar-refractivity contribution in [3.05, 3.63) is 58.1 Å². The summed E-state index contributed by atoms with van der Waals surface area (Å²) in [6.07, 6.45) is 0.590. The monoisotopic (exact) mass is 426 g/mol. The minimum Gasteiger partial charge on any atom is -0.492 e. The van der Waals surface area contributed by atoms with Gasteiger partial charge in [0, 0.05) is 24.4 Å². The molecule has 2 aromatic carbocycles. The standard InChI is InChI=1S/C19H18N6O4S/c1-2-29-17-6-4-3-5-16(17)24-19(20-21-22-24)30-12-18(26)23-10-9-13-11-14(25(27)28)7-8-15(13)23/h3-8,11H,2,9-10,12H2,1H3. The zero-order valence-electron chi connectivity index (χ0n) is 16.1. The lowest BCUT2D eigenvalue weighted by Gasteiger charge is -2.17. The number of rotatable bonds is 7. The number of carbonyl (C=O) groups excluding carboxylic acids is 1. The van der Waals surface area contributed by atoms with Crippen LogP contribution in [0.4, 0.5) is 11.4 Å². The second-order valence-electron chi connectivity index (χ2n) is 6.43. The van der Waals surface area contributed by atoms with Gasteiger partial charge in [0.1, 0.15) is 11.4 Å². The van der Waals surface area contributed by atoms with Crippen molar-refractivity contribution < 1.29 is 14.5 Å². The highest BCUT2D eigenvalue weighted by Gasteiger charge is 2.27. The van der Waals surface area contributed by atoms with Crippen LogP contribution in [0.3, 0.4) is 0 Å². The van der Waals surface area contributed by atoms with Crippen molar-refractivity contribution in [1.29, 1.82) is 0 Å². The molecule has 1 aliphatic rings. The maximum Gasteiger partial charge on any atom is 0.269 e. The molecule has 0 saturated carbocycles. The van der Waals surface area contributed by atoms with E-state index in [1.165, 1.54) is 23.9 Å². The fourth-order valence-corrected chi connectivity index (χ4v) is 4.05. The molecule has 1 aliphatic heterocycles. The molecule has 0 N–H and O–H groups in total. The maximum atomic E-state index is 12.8. The summed E-state index contributed by atoms with van der Waals surface area (Å²) in [6, 6.07) is 12.0. The van der Waals surface area contributed by atoms with Crippen LogP contribution in [-0.2, 0) is 11.2 Å². The number of ether oxygens (including phenoxy) is 1. The van der Waals surface area contributed by atoms with E-state index >= 15 is 0 Å². The predicted octanol–water partition coefficient (Wildman–Crippen LogP) is 2.65. The van der Waals surface area contributed by atoms with Crippen LogP contribution < -0.4 is 9.64 Å². The highest BCUT2D eigenvalue weighted by Crippen LogP contribution is 2.32. The third-order valence-corrected chi connectivity index (χ3v) is 5.53. The highest BCUT2D eigenvalue weighted by atomic mass is 32.2. The fraction of sp³-hybridized carbons (Fsp3) is 0.263. The molecular formula is C19H18N6O4S. The molecule has 11 heteroatoms. The Hall–Kier alpha value is -3.47. The number of benzene rings is 2. The predicted molar refractivity (Wildman–Crippen MR) is 110 cm³/mol. The summed E-state index contributed by atoms with van der Waals surface area (Å²) in [7, 11) is 0. The lowest BCUT2D eigenvalue weighted by molar-refractivity contribution is -0.384. The molecule has 10 nitrogen and oxygen atoms in total. The third kappa shape index (κ3) is 3.83. The van der Waals surface area contributed by atoms with Gasteiger partial charge in [-0.2, -0.15) is 4.68 Å². The van der Waals surface area contributed by atoms with E-state index in [2.05, 4.69) is 15.5 Å². The third-order valence-electron chi connectivity index (χ3n) is 4.63. The number of hydrogen-bond donors (Lipinski definition) is 0. The number of tetrazole rings is 1. The van der Waals surface area contributed by atoms with Gasteiger partial charge < -0.3 is 9.64 Å². The molecule has 0 bridgehead atoms. The van der Waals surface area contributed by atoms with Crippen molar-refractivity contribution in [2.45, 2.75) is 18.5 Å². The summed E-state index contributed by atoms with van der Waals surface area (Å²) >= 11 is 1.22. The topological polar surface area (TPSA) is 116 Å². The first-order valence-electron chi connectivity index (χ1n) is 9.29. The molecular weight excluding hydrogens is 408 g/mol. The zero-order chi connectivity index (χ0) is 21.1. The number of non-ortho nitro benzene ring substituents is 1. The van der Waals surface area contributed by atoms with Crippen molar-refractivity contribution in [2.75, 3.05) is 23.8 Å². The number of nitrogens with zero attached hydrogens (tertiary/aromatic N) is 6. The van der Waals surface area contributed by atoms with E-state index < -0.39 is 4.92 Å². The number of nitro groups is 1. The van der Waals surface area contributed by atoms with Crippen LogP contribution in [0.2, 0.25) is 0 Å². The Morgan fingerprint density at radius 3 is 2.90 bits per heavy atom. The quantitative estimate of drug-likeness (QED) is 0.322. The summed E-state index contributed by atoms with van der Waals surface area (Å²) < 4.78 is 7.19. The first-order valence-corrected chi connectivity index (χ1v) is 10.3. The van der Waals surface area contributed by atoms with Crippen molar-refractivity contribution in [3.63, 3.8) is 0 Å². The molecule has 3 aromatic rings. The van der Waals surface area contributed by atoms with E-state index in [4.69, 9.17) is 4.74 Å². The molecule has 0 atom stereocenters. The Morgan fingerprint density at radius 1 is 1.27 bits per heavy atom. The average Bonchev–Trinajstić information content (AvgIpc) is 3.39. The number of thioether (sulfide) groups is 1. The fourth-order valence-electron chi connectivity index (χ4n) is 3.29.